The molecule has 0 aromatic heterocycles. The van der Waals surface area contributed by atoms with Gasteiger partial charge in [0.2, 0.25) is 0 Å². The first-order valence-electron chi connectivity index (χ1n) is 6.63. The summed E-state index contributed by atoms with van der Waals surface area (Å²) in [6, 6.07) is 6.19. The Morgan fingerprint density at radius 1 is 1.28 bits per heavy atom. The van der Waals surface area contributed by atoms with Gasteiger partial charge in [0, 0.05) is 18.7 Å². The van der Waals surface area contributed by atoms with Gasteiger partial charge in [-0.15, -0.1) is 0 Å². The van der Waals surface area contributed by atoms with E-state index in [1.54, 1.807) is 13.0 Å². The van der Waals surface area contributed by atoms with E-state index in [4.69, 9.17) is 11.6 Å². The summed E-state index contributed by atoms with van der Waals surface area (Å²) in [5.74, 6) is 0.0590. The molecule has 3 heteroatoms. The van der Waals surface area contributed by atoms with Crippen molar-refractivity contribution < 1.29 is 4.79 Å². The van der Waals surface area contributed by atoms with E-state index >= 15 is 0 Å². The molecule has 1 aliphatic carbocycles. The van der Waals surface area contributed by atoms with Crippen molar-refractivity contribution in [2.24, 2.45) is 0 Å². The van der Waals surface area contributed by atoms with E-state index in [2.05, 4.69) is 11.9 Å². The van der Waals surface area contributed by atoms with Crippen LogP contribution in [-0.4, -0.2) is 18.9 Å². The Kier molecular flexibility index (Phi) is 4.28. The van der Waals surface area contributed by atoms with Crippen LogP contribution < -0.4 is 4.90 Å². The highest BCUT2D eigenvalue weighted by molar-refractivity contribution is 6.33. The second-order valence-electron chi connectivity index (χ2n) is 5.13. The molecule has 1 fully saturated rings. The highest BCUT2D eigenvalue weighted by Crippen LogP contribution is 2.31. The molecule has 0 unspecified atom stereocenters. The Morgan fingerprint density at radius 2 is 1.94 bits per heavy atom. The summed E-state index contributed by atoms with van der Waals surface area (Å²) >= 11 is 6.29. The fourth-order valence-electron chi connectivity index (χ4n) is 2.68. The van der Waals surface area contributed by atoms with Gasteiger partial charge in [0.25, 0.3) is 0 Å². The molecule has 0 aliphatic heterocycles. The number of Topliss-reactive ketones (excluding diaryl/α,β-unsaturated/α-hetero) is 1. The van der Waals surface area contributed by atoms with Crippen molar-refractivity contribution in [3.63, 3.8) is 0 Å². The standard InChI is InChI=1S/C15H20ClNO/c1-11(18)12-8-9-15(14(16)10-12)17(2)13-6-4-3-5-7-13/h8-10,13H,3-7H2,1-2H3. The Hall–Kier alpha value is -1.02. The van der Waals surface area contributed by atoms with Crippen LogP contribution in [0.25, 0.3) is 0 Å². The Morgan fingerprint density at radius 3 is 2.50 bits per heavy atom. The predicted molar refractivity (Wildman–Crippen MR) is 76.7 cm³/mol. The van der Waals surface area contributed by atoms with Gasteiger partial charge in [-0.05, 0) is 38.0 Å². The van der Waals surface area contributed by atoms with E-state index in [1.165, 1.54) is 32.1 Å². The van der Waals surface area contributed by atoms with E-state index in [1.807, 2.05) is 12.1 Å². The second kappa shape index (κ2) is 5.75. The molecule has 0 heterocycles. The maximum absolute atomic E-state index is 11.3. The molecule has 0 spiro atoms. The van der Waals surface area contributed by atoms with Gasteiger partial charge in [0.1, 0.15) is 0 Å². The van der Waals surface area contributed by atoms with Crippen molar-refractivity contribution in [1.82, 2.24) is 0 Å². The zero-order chi connectivity index (χ0) is 13.1. The van der Waals surface area contributed by atoms with Gasteiger partial charge in [0.15, 0.2) is 5.78 Å². The van der Waals surface area contributed by atoms with E-state index < -0.39 is 0 Å². The molecular formula is C15H20ClNO. The lowest BCUT2D eigenvalue weighted by molar-refractivity contribution is 0.101. The number of anilines is 1. The van der Waals surface area contributed by atoms with Crippen molar-refractivity contribution in [1.29, 1.82) is 0 Å². The van der Waals surface area contributed by atoms with E-state index in [0.29, 0.717) is 16.6 Å². The first-order valence-corrected chi connectivity index (χ1v) is 7.00. The average Bonchev–Trinajstić information content (AvgIpc) is 2.38. The lowest BCUT2D eigenvalue weighted by Gasteiger charge is -2.33. The Balaban J connectivity index is 2.19. The maximum Gasteiger partial charge on any atom is 0.159 e. The van der Waals surface area contributed by atoms with Crippen molar-refractivity contribution in [2.75, 3.05) is 11.9 Å². The van der Waals surface area contributed by atoms with E-state index in [-0.39, 0.29) is 5.78 Å². The van der Waals surface area contributed by atoms with Gasteiger partial charge in [-0.2, -0.15) is 0 Å². The molecule has 0 bridgehead atoms. The highest BCUT2D eigenvalue weighted by atomic mass is 35.5. The van der Waals surface area contributed by atoms with Crippen LogP contribution in [0.5, 0.6) is 0 Å². The summed E-state index contributed by atoms with van der Waals surface area (Å²) < 4.78 is 0. The van der Waals surface area contributed by atoms with Crippen LogP contribution in [-0.2, 0) is 0 Å². The second-order valence-corrected chi connectivity index (χ2v) is 5.53. The molecule has 0 N–H and O–H groups in total. The highest BCUT2D eigenvalue weighted by Gasteiger charge is 2.20. The maximum atomic E-state index is 11.3. The Labute approximate surface area is 114 Å². The van der Waals surface area contributed by atoms with Gasteiger partial charge in [-0.25, -0.2) is 0 Å². The van der Waals surface area contributed by atoms with Crippen LogP contribution >= 0.6 is 11.6 Å². The summed E-state index contributed by atoms with van der Waals surface area (Å²) in [6.07, 6.45) is 6.43. The number of carbonyl (C=O) groups excluding carboxylic acids is 1. The minimum Gasteiger partial charge on any atom is -0.370 e. The summed E-state index contributed by atoms with van der Waals surface area (Å²) in [5, 5.41) is 0.677. The normalized spacial score (nSPS) is 16.6. The van der Waals surface area contributed by atoms with Crippen LogP contribution in [0.1, 0.15) is 49.4 Å². The third-order valence-electron chi connectivity index (χ3n) is 3.86. The fraction of sp³-hybridized carbons (Fsp3) is 0.533. The zero-order valence-corrected chi connectivity index (χ0v) is 11.8. The van der Waals surface area contributed by atoms with Gasteiger partial charge in [0.05, 0.1) is 10.7 Å². The molecule has 0 radical (unpaired) electrons. The summed E-state index contributed by atoms with van der Waals surface area (Å²) in [4.78, 5) is 13.6. The van der Waals surface area contributed by atoms with Crippen molar-refractivity contribution >= 4 is 23.1 Å². The molecular weight excluding hydrogens is 246 g/mol. The van der Waals surface area contributed by atoms with Crippen LogP contribution in [0.2, 0.25) is 5.02 Å². The quantitative estimate of drug-likeness (QED) is 0.759. The number of halogens is 1. The van der Waals surface area contributed by atoms with Crippen molar-refractivity contribution in [3.8, 4) is 0 Å². The molecule has 98 valence electrons. The molecule has 1 aliphatic rings. The fourth-order valence-corrected chi connectivity index (χ4v) is 2.99. The third kappa shape index (κ3) is 2.86. The van der Waals surface area contributed by atoms with Crippen molar-refractivity contribution in [3.05, 3.63) is 28.8 Å². The van der Waals surface area contributed by atoms with Crippen LogP contribution in [0.15, 0.2) is 18.2 Å². The molecule has 1 aromatic rings. The molecule has 1 saturated carbocycles. The number of benzene rings is 1. The number of hydrogen-bond donors (Lipinski definition) is 0. The van der Waals surface area contributed by atoms with Crippen LogP contribution in [0.4, 0.5) is 5.69 Å². The van der Waals surface area contributed by atoms with Gasteiger partial charge < -0.3 is 4.90 Å². The molecule has 0 saturated heterocycles. The van der Waals surface area contributed by atoms with Crippen LogP contribution in [0.3, 0.4) is 0 Å². The summed E-state index contributed by atoms with van der Waals surface area (Å²) in [7, 11) is 2.10. The minimum atomic E-state index is 0.0590. The van der Waals surface area contributed by atoms with Gasteiger partial charge in [-0.1, -0.05) is 30.9 Å². The third-order valence-corrected chi connectivity index (χ3v) is 4.16. The molecule has 0 amide bonds. The number of ketones is 1. The largest absolute Gasteiger partial charge is 0.370 e. The smallest absolute Gasteiger partial charge is 0.159 e. The topological polar surface area (TPSA) is 20.3 Å². The SMILES string of the molecule is CC(=O)c1ccc(N(C)C2CCCCC2)c(Cl)c1. The first kappa shape index (κ1) is 13.4. The molecule has 2 rings (SSSR count). The minimum absolute atomic E-state index is 0.0590. The van der Waals surface area contributed by atoms with Crippen molar-refractivity contribution in [2.45, 2.75) is 45.1 Å². The summed E-state index contributed by atoms with van der Waals surface area (Å²) in [6.45, 7) is 1.57. The van der Waals surface area contributed by atoms with E-state index in [0.717, 1.165) is 5.69 Å². The molecule has 1 aromatic carbocycles. The van der Waals surface area contributed by atoms with E-state index in [9.17, 15) is 4.79 Å². The average molecular weight is 266 g/mol. The summed E-state index contributed by atoms with van der Waals surface area (Å²) in [5.41, 5.74) is 1.72. The molecule has 0 atom stereocenters. The molecule has 18 heavy (non-hydrogen) atoms. The lowest BCUT2D eigenvalue weighted by atomic mass is 9.94. The Bertz CT molecular complexity index is 438. The zero-order valence-electron chi connectivity index (χ0n) is 11.1. The predicted octanol–water partition coefficient (Wildman–Crippen LogP) is 4.31. The number of nitrogens with zero attached hydrogens (tertiary/aromatic N) is 1. The van der Waals surface area contributed by atoms with Gasteiger partial charge >= 0.3 is 0 Å². The number of hydrogen-bond acceptors (Lipinski definition) is 2. The molecule has 2 nitrogen and oxygen atoms in total. The van der Waals surface area contributed by atoms with Gasteiger partial charge in [-0.3, -0.25) is 4.79 Å². The van der Waals surface area contributed by atoms with Crippen LogP contribution in [0, 0.1) is 0 Å². The lowest BCUT2D eigenvalue weighted by Crippen LogP contribution is -2.33. The number of carbonyl (C=O) groups is 1. The first-order chi connectivity index (χ1) is 8.59. The number of rotatable bonds is 3. The monoisotopic (exact) mass is 265 g/mol.